The van der Waals surface area contributed by atoms with Crippen LogP contribution in [-0.4, -0.2) is 14.6 Å². The Balaban J connectivity index is 2.03. The molecule has 0 bridgehead atoms. The fraction of sp³-hybridized carbons (Fsp3) is 0.0769. The molecular weight excluding hydrogens is 231 g/mol. The molecule has 0 amide bonds. The highest BCUT2D eigenvalue weighted by Gasteiger charge is 2.08. The van der Waals surface area contributed by atoms with Crippen molar-refractivity contribution in [2.24, 2.45) is 0 Å². The Kier molecular flexibility index (Phi) is 2.44. The molecule has 0 atom stereocenters. The van der Waals surface area contributed by atoms with Gasteiger partial charge in [-0.05, 0) is 29.8 Å². The fourth-order valence-electron chi connectivity index (χ4n) is 1.93. The summed E-state index contributed by atoms with van der Waals surface area (Å²) in [4.78, 5) is 0. The zero-order chi connectivity index (χ0) is 12.5. The molecule has 2 aromatic heterocycles. The third-order valence-electron chi connectivity index (χ3n) is 2.79. The van der Waals surface area contributed by atoms with Crippen molar-refractivity contribution in [2.45, 2.75) is 6.42 Å². The minimum absolute atomic E-state index is 0.249. The highest BCUT2D eigenvalue weighted by Crippen LogP contribution is 2.14. The molecule has 3 aromatic rings. The first-order valence-corrected chi connectivity index (χ1v) is 5.56. The van der Waals surface area contributed by atoms with E-state index in [1.54, 1.807) is 12.1 Å². The molecule has 3 rings (SSSR count). The average molecular weight is 242 g/mol. The highest BCUT2D eigenvalue weighted by atomic mass is 19.1. The highest BCUT2D eigenvalue weighted by molar-refractivity contribution is 5.63. The van der Waals surface area contributed by atoms with E-state index >= 15 is 0 Å². The van der Waals surface area contributed by atoms with Gasteiger partial charge in [-0.1, -0.05) is 12.1 Å². The molecule has 2 N–H and O–H groups in total. The molecular formula is C13H11FN4. The maximum absolute atomic E-state index is 13.1. The summed E-state index contributed by atoms with van der Waals surface area (Å²) in [7, 11) is 0. The van der Waals surface area contributed by atoms with Gasteiger partial charge in [0, 0.05) is 12.6 Å². The van der Waals surface area contributed by atoms with Crippen LogP contribution in [0.15, 0.2) is 42.6 Å². The van der Waals surface area contributed by atoms with Crippen LogP contribution in [0.3, 0.4) is 0 Å². The summed E-state index contributed by atoms with van der Waals surface area (Å²) in [6.07, 6.45) is 2.36. The molecule has 0 aliphatic heterocycles. The van der Waals surface area contributed by atoms with Crippen molar-refractivity contribution in [1.82, 2.24) is 14.6 Å². The molecule has 0 saturated heterocycles. The SMILES string of the molecule is Nc1cccn2c(Cc3cccc(F)c3)nnc12. The number of halogens is 1. The van der Waals surface area contributed by atoms with Crippen LogP contribution in [0.2, 0.25) is 0 Å². The van der Waals surface area contributed by atoms with Gasteiger partial charge in [0.25, 0.3) is 0 Å². The topological polar surface area (TPSA) is 56.2 Å². The molecule has 5 heteroatoms. The van der Waals surface area contributed by atoms with Crippen LogP contribution in [-0.2, 0) is 6.42 Å². The number of aromatic nitrogens is 3. The molecule has 0 spiro atoms. The summed E-state index contributed by atoms with van der Waals surface area (Å²) in [5.41, 5.74) is 7.86. The van der Waals surface area contributed by atoms with Crippen molar-refractivity contribution in [3.63, 3.8) is 0 Å². The summed E-state index contributed by atoms with van der Waals surface area (Å²) in [6, 6.07) is 10.1. The standard InChI is InChI=1S/C13H11FN4/c14-10-4-1-3-9(7-10)8-12-16-17-13-11(15)5-2-6-18(12)13/h1-7H,8,15H2. The second-order valence-electron chi connectivity index (χ2n) is 4.08. The number of nitrogens with two attached hydrogens (primary N) is 1. The van der Waals surface area contributed by atoms with Crippen LogP contribution in [0.1, 0.15) is 11.4 Å². The Morgan fingerprint density at radius 1 is 1.17 bits per heavy atom. The molecule has 90 valence electrons. The Morgan fingerprint density at radius 3 is 2.89 bits per heavy atom. The lowest BCUT2D eigenvalue weighted by Gasteiger charge is -2.01. The van der Waals surface area contributed by atoms with Crippen LogP contribution < -0.4 is 5.73 Å². The van der Waals surface area contributed by atoms with E-state index in [9.17, 15) is 4.39 Å². The number of hydrogen-bond donors (Lipinski definition) is 1. The van der Waals surface area contributed by atoms with Gasteiger partial charge in [-0.25, -0.2) is 4.39 Å². The molecule has 0 aliphatic rings. The second-order valence-corrected chi connectivity index (χ2v) is 4.08. The molecule has 18 heavy (non-hydrogen) atoms. The molecule has 2 heterocycles. The largest absolute Gasteiger partial charge is 0.396 e. The third kappa shape index (κ3) is 1.79. The molecule has 0 aliphatic carbocycles. The van der Waals surface area contributed by atoms with Crippen LogP contribution in [0.25, 0.3) is 5.65 Å². The zero-order valence-electron chi connectivity index (χ0n) is 9.55. The molecule has 0 saturated carbocycles. The van der Waals surface area contributed by atoms with Crippen molar-refractivity contribution in [3.05, 3.63) is 59.8 Å². The minimum Gasteiger partial charge on any atom is -0.396 e. The summed E-state index contributed by atoms with van der Waals surface area (Å²) in [5, 5.41) is 8.12. The van der Waals surface area contributed by atoms with Gasteiger partial charge in [-0.15, -0.1) is 10.2 Å². The summed E-state index contributed by atoms with van der Waals surface area (Å²) >= 11 is 0. The molecule has 0 unspecified atom stereocenters. The van der Waals surface area contributed by atoms with Gasteiger partial charge in [-0.3, -0.25) is 4.40 Å². The van der Waals surface area contributed by atoms with E-state index < -0.39 is 0 Å². The lowest BCUT2D eigenvalue weighted by molar-refractivity contribution is 0.625. The Labute approximate surface area is 103 Å². The van der Waals surface area contributed by atoms with Crippen LogP contribution >= 0.6 is 0 Å². The van der Waals surface area contributed by atoms with Crippen molar-refractivity contribution < 1.29 is 4.39 Å². The first-order valence-electron chi connectivity index (χ1n) is 5.56. The van der Waals surface area contributed by atoms with Gasteiger partial charge in [0.15, 0.2) is 5.65 Å². The van der Waals surface area contributed by atoms with E-state index in [1.807, 2.05) is 22.7 Å². The fourth-order valence-corrected chi connectivity index (χ4v) is 1.93. The van der Waals surface area contributed by atoms with Crippen LogP contribution in [0, 0.1) is 5.82 Å². The molecule has 0 radical (unpaired) electrons. The number of rotatable bonds is 2. The minimum atomic E-state index is -0.249. The van der Waals surface area contributed by atoms with Crippen LogP contribution in [0.4, 0.5) is 10.1 Å². The predicted octanol–water partition coefficient (Wildman–Crippen LogP) is 2.04. The van der Waals surface area contributed by atoms with Gasteiger partial charge in [0.2, 0.25) is 0 Å². The maximum Gasteiger partial charge on any atom is 0.183 e. The van der Waals surface area contributed by atoms with E-state index in [0.29, 0.717) is 17.8 Å². The first-order chi connectivity index (χ1) is 8.74. The maximum atomic E-state index is 13.1. The van der Waals surface area contributed by atoms with Crippen molar-refractivity contribution >= 4 is 11.3 Å². The zero-order valence-corrected chi connectivity index (χ0v) is 9.55. The van der Waals surface area contributed by atoms with Crippen molar-refractivity contribution in [1.29, 1.82) is 0 Å². The number of fused-ring (bicyclic) bond motifs is 1. The first kappa shape index (κ1) is 10.7. The predicted molar refractivity (Wildman–Crippen MR) is 66.6 cm³/mol. The lowest BCUT2D eigenvalue weighted by atomic mass is 10.1. The molecule has 0 fully saturated rings. The molecule has 4 nitrogen and oxygen atoms in total. The van der Waals surface area contributed by atoms with E-state index in [4.69, 9.17) is 5.73 Å². The Morgan fingerprint density at radius 2 is 2.06 bits per heavy atom. The summed E-state index contributed by atoms with van der Waals surface area (Å²) in [5.74, 6) is 0.490. The van der Waals surface area contributed by atoms with Gasteiger partial charge in [0.05, 0.1) is 5.69 Å². The van der Waals surface area contributed by atoms with E-state index in [-0.39, 0.29) is 5.82 Å². The third-order valence-corrected chi connectivity index (χ3v) is 2.79. The van der Waals surface area contributed by atoms with E-state index in [1.165, 1.54) is 12.1 Å². The number of anilines is 1. The average Bonchev–Trinajstić information content (AvgIpc) is 2.74. The van der Waals surface area contributed by atoms with Gasteiger partial charge >= 0.3 is 0 Å². The number of nitrogens with zero attached hydrogens (tertiary/aromatic N) is 3. The smallest absolute Gasteiger partial charge is 0.183 e. The second kappa shape index (κ2) is 4.10. The normalized spacial score (nSPS) is 10.9. The van der Waals surface area contributed by atoms with Gasteiger partial charge < -0.3 is 5.73 Å². The Bertz CT molecular complexity index is 705. The number of nitrogen functional groups attached to an aromatic ring is 1. The van der Waals surface area contributed by atoms with E-state index in [0.717, 1.165) is 11.4 Å². The lowest BCUT2D eigenvalue weighted by Crippen LogP contribution is -1.98. The number of pyridine rings is 1. The van der Waals surface area contributed by atoms with Gasteiger partial charge in [0.1, 0.15) is 11.6 Å². The van der Waals surface area contributed by atoms with Crippen molar-refractivity contribution in [3.8, 4) is 0 Å². The van der Waals surface area contributed by atoms with Crippen molar-refractivity contribution in [2.75, 3.05) is 5.73 Å². The Hall–Kier alpha value is -2.43. The van der Waals surface area contributed by atoms with Gasteiger partial charge in [-0.2, -0.15) is 0 Å². The summed E-state index contributed by atoms with van der Waals surface area (Å²) < 4.78 is 14.9. The summed E-state index contributed by atoms with van der Waals surface area (Å²) in [6.45, 7) is 0. The number of benzene rings is 1. The van der Waals surface area contributed by atoms with Crippen LogP contribution in [0.5, 0.6) is 0 Å². The molecule has 1 aromatic carbocycles. The van der Waals surface area contributed by atoms with E-state index in [2.05, 4.69) is 10.2 Å². The monoisotopic (exact) mass is 242 g/mol. The number of hydrogen-bond acceptors (Lipinski definition) is 3. The quantitative estimate of drug-likeness (QED) is 0.748.